The molecule has 1 radical (unpaired) electrons. The van der Waals surface area contributed by atoms with Gasteiger partial charge in [0.2, 0.25) is 0 Å². The number of halogens is 9. The average Bonchev–Trinajstić information content (AvgIpc) is 2.24. The van der Waals surface area contributed by atoms with Gasteiger partial charge in [-0.15, -0.1) is 0 Å². The van der Waals surface area contributed by atoms with E-state index in [1.165, 1.54) is 6.92 Å². The number of rotatable bonds is 2. The van der Waals surface area contributed by atoms with E-state index >= 15 is 0 Å². The molecule has 0 aliphatic carbocycles. The molecule has 1 aromatic rings. The van der Waals surface area contributed by atoms with E-state index in [0.717, 1.165) is 0 Å². The summed E-state index contributed by atoms with van der Waals surface area (Å²) >= 11 is 0. The van der Waals surface area contributed by atoms with Gasteiger partial charge >= 0.3 is 18.5 Å². The van der Waals surface area contributed by atoms with Crippen molar-refractivity contribution in [3.05, 3.63) is 40.8 Å². The molecule has 0 spiro atoms. The van der Waals surface area contributed by atoms with Crippen molar-refractivity contribution < 1.29 is 39.5 Å². The van der Waals surface area contributed by atoms with Gasteiger partial charge in [0.05, 0.1) is 16.7 Å². The Balaban J connectivity index is 3.75. The predicted molar refractivity (Wildman–Crippen MR) is 55.1 cm³/mol. The van der Waals surface area contributed by atoms with Crippen LogP contribution in [0.4, 0.5) is 39.5 Å². The summed E-state index contributed by atoms with van der Waals surface area (Å²) in [5, 5.41) is 0. The van der Waals surface area contributed by atoms with Crippen molar-refractivity contribution in [2.24, 2.45) is 0 Å². The van der Waals surface area contributed by atoms with Crippen molar-refractivity contribution in [2.45, 2.75) is 31.9 Å². The molecule has 0 saturated heterocycles. The molecule has 0 aliphatic rings. The van der Waals surface area contributed by atoms with Crippen molar-refractivity contribution in [3.8, 4) is 0 Å². The Bertz CT molecular complexity index is 470. The molecule has 0 unspecified atom stereocenters. The van der Waals surface area contributed by atoms with Crippen molar-refractivity contribution in [1.29, 1.82) is 0 Å². The van der Waals surface area contributed by atoms with Crippen molar-refractivity contribution in [1.82, 2.24) is 0 Å². The summed E-state index contributed by atoms with van der Waals surface area (Å²) in [5.41, 5.74) is -7.18. The zero-order chi connectivity index (χ0) is 16.6. The molecule has 0 fully saturated rings. The Morgan fingerprint density at radius 2 is 1.14 bits per heavy atom. The van der Waals surface area contributed by atoms with Crippen LogP contribution in [-0.4, -0.2) is 0 Å². The van der Waals surface area contributed by atoms with Gasteiger partial charge in [-0.05, 0) is 30.5 Å². The van der Waals surface area contributed by atoms with E-state index in [4.69, 9.17) is 0 Å². The molecular weight excluding hydrogens is 315 g/mol. The Hall–Kier alpha value is -1.41. The third-order valence-corrected chi connectivity index (χ3v) is 2.53. The van der Waals surface area contributed by atoms with Gasteiger partial charge in [-0.2, -0.15) is 39.5 Å². The molecule has 0 saturated carbocycles. The van der Waals surface area contributed by atoms with Crippen LogP contribution in [0, 0.1) is 6.42 Å². The molecule has 0 atom stereocenters. The maximum Gasteiger partial charge on any atom is 0.416 e. The van der Waals surface area contributed by atoms with Crippen LogP contribution in [0.25, 0.3) is 0 Å². The molecule has 119 valence electrons. The summed E-state index contributed by atoms with van der Waals surface area (Å²) in [6.45, 7) is 1.28. The molecule has 0 aromatic heterocycles. The summed E-state index contributed by atoms with van der Waals surface area (Å²) in [6.07, 6.45) is -15.6. The fourth-order valence-electron chi connectivity index (χ4n) is 1.71. The van der Waals surface area contributed by atoms with Crippen LogP contribution in [0.5, 0.6) is 0 Å². The Morgan fingerprint density at radius 1 is 0.762 bits per heavy atom. The maximum atomic E-state index is 12.8. The van der Waals surface area contributed by atoms with Gasteiger partial charge in [0.15, 0.2) is 0 Å². The largest absolute Gasteiger partial charge is 0.416 e. The zero-order valence-corrected chi connectivity index (χ0v) is 10.3. The first kappa shape index (κ1) is 17.6. The monoisotopic (exact) mass is 323 g/mol. The van der Waals surface area contributed by atoms with Gasteiger partial charge in [0, 0.05) is 0 Å². The highest BCUT2D eigenvalue weighted by molar-refractivity contribution is 5.47. The minimum atomic E-state index is -5.33. The molecule has 0 N–H and O–H groups in total. The average molecular weight is 323 g/mol. The van der Waals surface area contributed by atoms with Crippen LogP contribution in [0.2, 0.25) is 0 Å². The van der Waals surface area contributed by atoms with Gasteiger partial charge < -0.3 is 0 Å². The molecule has 0 nitrogen and oxygen atoms in total. The van der Waals surface area contributed by atoms with E-state index in [2.05, 4.69) is 0 Å². The number of benzene rings is 1. The van der Waals surface area contributed by atoms with Gasteiger partial charge in [-0.1, -0.05) is 6.92 Å². The van der Waals surface area contributed by atoms with Crippen LogP contribution in [0.1, 0.15) is 35.6 Å². The van der Waals surface area contributed by atoms with Crippen LogP contribution in [0.15, 0.2) is 12.1 Å². The first-order valence-electron chi connectivity index (χ1n) is 5.51. The van der Waals surface area contributed by atoms with E-state index in [9.17, 15) is 39.5 Å². The van der Waals surface area contributed by atoms with E-state index in [1.54, 1.807) is 0 Å². The molecular formula is C12H8F9. The lowest BCUT2D eigenvalue weighted by atomic mass is 9.93. The van der Waals surface area contributed by atoms with E-state index < -0.39 is 40.8 Å². The second-order valence-electron chi connectivity index (χ2n) is 4.09. The highest BCUT2D eigenvalue weighted by Gasteiger charge is 2.44. The van der Waals surface area contributed by atoms with Gasteiger partial charge in [0.25, 0.3) is 0 Å². The van der Waals surface area contributed by atoms with Crippen LogP contribution in [-0.2, 0) is 18.5 Å². The Labute approximate surface area is 113 Å². The smallest absolute Gasteiger partial charge is 0.166 e. The minimum Gasteiger partial charge on any atom is -0.166 e. The fourth-order valence-corrected chi connectivity index (χ4v) is 1.71. The molecule has 21 heavy (non-hydrogen) atoms. The van der Waals surface area contributed by atoms with Crippen molar-refractivity contribution in [2.75, 3.05) is 0 Å². The summed E-state index contributed by atoms with van der Waals surface area (Å²) in [7, 11) is 0. The standard InChI is InChI=1S/C12H8F9/c1-2-3-7-8(11(16,17)18)4-6(10(13,14)15)5-9(7)12(19,20)21/h3-5H,2H2,1H3. The molecule has 1 aromatic carbocycles. The number of alkyl halides is 9. The minimum absolute atomic E-state index is 0.197. The third-order valence-electron chi connectivity index (χ3n) is 2.53. The normalized spacial score (nSPS) is 13.6. The second kappa shape index (κ2) is 5.42. The van der Waals surface area contributed by atoms with Gasteiger partial charge in [-0.25, -0.2) is 0 Å². The zero-order valence-electron chi connectivity index (χ0n) is 10.3. The van der Waals surface area contributed by atoms with E-state index in [1.807, 2.05) is 0 Å². The summed E-state index contributed by atoms with van der Waals surface area (Å²) in [6, 6.07) is -0.618. The van der Waals surface area contributed by atoms with Crippen LogP contribution >= 0.6 is 0 Å². The Morgan fingerprint density at radius 3 is 1.38 bits per heavy atom. The highest BCUT2D eigenvalue weighted by Crippen LogP contribution is 2.44. The van der Waals surface area contributed by atoms with Gasteiger partial charge in [-0.3, -0.25) is 0 Å². The molecule has 9 heteroatoms. The summed E-state index contributed by atoms with van der Waals surface area (Å²) < 4.78 is 114. The molecule has 0 heterocycles. The quantitative estimate of drug-likeness (QED) is 0.612. The maximum absolute atomic E-state index is 12.8. The first-order valence-corrected chi connectivity index (χ1v) is 5.51. The Kier molecular flexibility index (Phi) is 4.55. The molecule has 0 bridgehead atoms. The summed E-state index contributed by atoms with van der Waals surface area (Å²) in [5.74, 6) is 0. The topological polar surface area (TPSA) is 0 Å². The van der Waals surface area contributed by atoms with Crippen molar-refractivity contribution in [3.63, 3.8) is 0 Å². The predicted octanol–water partition coefficient (Wildman–Crippen LogP) is 5.71. The lowest BCUT2D eigenvalue weighted by Crippen LogP contribution is -2.19. The third kappa shape index (κ3) is 4.04. The van der Waals surface area contributed by atoms with Gasteiger partial charge in [0.1, 0.15) is 0 Å². The second-order valence-corrected chi connectivity index (χ2v) is 4.09. The van der Waals surface area contributed by atoms with E-state index in [0.29, 0.717) is 6.42 Å². The van der Waals surface area contributed by atoms with Crippen LogP contribution < -0.4 is 0 Å². The molecule has 1 rings (SSSR count). The molecule has 0 amide bonds. The van der Waals surface area contributed by atoms with Crippen LogP contribution in [0.3, 0.4) is 0 Å². The SMILES string of the molecule is CC[CH]c1c(C(F)(F)F)cc(C(F)(F)F)cc1C(F)(F)F. The fraction of sp³-hybridized carbons (Fsp3) is 0.417. The van der Waals surface area contributed by atoms with Crippen molar-refractivity contribution >= 4 is 0 Å². The lowest BCUT2D eigenvalue weighted by Gasteiger charge is -2.21. The number of hydrogen-bond acceptors (Lipinski definition) is 0. The number of hydrogen-bond donors (Lipinski definition) is 0. The highest BCUT2D eigenvalue weighted by atomic mass is 19.4. The van der Waals surface area contributed by atoms with E-state index in [-0.39, 0.29) is 18.6 Å². The summed E-state index contributed by atoms with van der Waals surface area (Å²) in [4.78, 5) is 0. The lowest BCUT2D eigenvalue weighted by molar-refractivity contribution is -0.149. The first-order chi connectivity index (χ1) is 9.28. The molecule has 0 aliphatic heterocycles.